The molecule has 0 atom stereocenters. The second-order valence-corrected chi connectivity index (χ2v) is 8.43. The normalized spacial score (nSPS) is 13.4. The quantitative estimate of drug-likeness (QED) is 0.260. The van der Waals surface area contributed by atoms with Gasteiger partial charge in [0.15, 0.2) is 11.5 Å². The zero-order valence-corrected chi connectivity index (χ0v) is 18.9. The van der Waals surface area contributed by atoms with Crippen LogP contribution in [-0.2, 0) is 0 Å². The first-order valence-electron chi connectivity index (χ1n) is 11.7. The molecule has 0 unspecified atom stereocenters. The summed E-state index contributed by atoms with van der Waals surface area (Å²) in [4.78, 5) is 21.9. The van der Waals surface area contributed by atoms with Crippen LogP contribution in [0.5, 0.6) is 0 Å². The maximum Gasteiger partial charge on any atom is 0.251 e. The van der Waals surface area contributed by atoms with Gasteiger partial charge in [-0.25, -0.2) is 9.97 Å². The number of hydrogen-bond donors (Lipinski definition) is 3. The van der Waals surface area contributed by atoms with Gasteiger partial charge in [0.1, 0.15) is 0 Å². The largest absolute Gasteiger partial charge is 0.367 e. The van der Waals surface area contributed by atoms with Gasteiger partial charge in [-0.2, -0.15) is 0 Å². The molecule has 4 N–H and O–H groups in total. The van der Waals surface area contributed by atoms with Crippen LogP contribution in [0.15, 0.2) is 79.1 Å². The van der Waals surface area contributed by atoms with Gasteiger partial charge in [-0.15, -0.1) is 0 Å². The molecule has 0 aliphatic heterocycles. The summed E-state index contributed by atoms with van der Waals surface area (Å²) in [6.07, 6.45) is 10.9. The minimum atomic E-state index is -0.0158. The number of rotatable bonds is 9. The number of benzene rings is 2. The Bertz CT molecular complexity index is 1310. The number of amides is 1. The number of carbonyl (C=O) groups excluding carboxylic acids is 1. The van der Waals surface area contributed by atoms with Gasteiger partial charge in [0.25, 0.3) is 5.91 Å². The molecule has 5 rings (SSSR count). The van der Waals surface area contributed by atoms with Gasteiger partial charge in [0.05, 0.1) is 17.6 Å². The fourth-order valence-electron chi connectivity index (χ4n) is 3.85. The second-order valence-electron chi connectivity index (χ2n) is 8.43. The van der Waals surface area contributed by atoms with Crippen molar-refractivity contribution in [1.82, 2.24) is 19.7 Å². The first-order valence-corrected chi connectivity index (χ1v) is 11.7. The van der Waals surface area contributed by atoms with Crippen LogP contribution in [0.3, 0.4) is 0 Å². The average molecular weight is 453 g/mol. The highest BCUT2D eigenvalue weighted by atomic mass is 16.1. The molecule has 4 aromatic rings. The van der Waals surface area contributed by atoms with Crippen molar-refractivity contribution >= 4 is 17.4 Å². The molecule has 7 nitrogen and oxygen atoms in total. The van der Waals surface area contributed by atoms with Gasteiger partial charge < -0.3 is 16.4 Å². The van der Waals surface area contributed by atoms with Crippen molar-refractivity contribution in [2.24, 2.45) is 5.73 Å². The molecule has 0 saturated heterocycles. The Morgan fingerprint density at radius 1 is 1.06 bits per heavy atom. The molecule has 1 amide bonds. The Morgan fingerprint density at radius 3 is 2.59 bits per heavy atom. The molecule has 2 aromatic heterocycles. The number of anilines is 1. The van der Waals surface area contributed by atoms with Crippen molar-refractivity contribution in [2.45, 2.75) is 25.3 Å². The van der Waals surface area contributed by atoms with Crippen molar-refractivity contribution in [3.05, 3.63) is 84.7 Å². The van der Waals surface area contributed by atoms with Gasteiger partial charge in [0, 0.05) is 42.0 Å². The number of nitrogens with one attached hydrogen (secondary N) is 2. The predicted octanol–water partition coefficient (Wildman–Crippen LogP) is 4.27. The molecule has 172 valence electrons. The second kappa shape index (κ2) is 9.89. The number of fused-ring (bicyclic) bond motifs is 1. The van der Waals surface area contributed by atoms with E-state index in [1.807, 2.05) is 73.1 Å². The van der Waals surface area contributed by atoms with Gasteiger partial charge >= 0.3 is 0 Å². The number of imidazole rings is 1. The van der Waals surface area contributed by atoms with E-state index in [0.29, 0.717) is 18.2 Å². The maximum atomic E-state index is 12.4. The van der Waals surface area contributed by atoms with Crippen LogP contribution in [0, 0.1) is 0 Å². The third-order valence-electron chi connectivity index (χ3n) is 5.82. The smallest absolute Gasteiger partial charge is 0.251 e. The molecule has 2 heterocycles. The fraction of sp³-hybridized carbons (Fsp3) is 0.222. The number of nitrogens with two attached hydrogens (primary N) is 1. The molecule has 1 aliphatic carbocycles. The molecule has 1 fully saturated rings. The van der Waals surface area contributed by atoms with E-state index in [-0.39, 0.29) is 5.91 Å². The van der Waals surface area contributed by atoms with E-state index in [9.17, 15) is 4.79 Å². The number of nitrogens with zero attached hydrogens (tertiary/aromatic N) is 3. The SMILES string of the molecule is NC/C=C/CCNc1nc(-c2ccccc2)cn2c(-c3ccc(C(=O)NC4CC4)cc3)cnc12. The van der Waals surface area contributed by atoms with E-state index in [4.69, 9.17) is 10.7 Å². The van der Waals surface area contributed by atoms with E-state index in [1.165, 1.54) is 0 Å². The van der Waals surface area contributed by atoms with Crippen LogP contribution in [0.25, 0.3) is 28.2 Å². The lowest BCUT2D eigenvalue weighted by Gasteiger charge is -2.11. The third-order valence-corrected chi connectivity index (χ3v) is 5.82. The van der Waals surface area contributed by atoms with Crippen molar-refractivity contribution in [3.8, 4) is 22.5 Å². The first-order chi connectivity index (χ1) is 16.7. The lowest BCUT2D eigenvalue weighted by atomic mass is 10.1. The van der Waals surface area contributed by atoms with Crippen LogP contribution in [0.2, 0.25) is 0 Å². The number of hydrogen-bond acceptors (Lipinski definition) is 5. The Morgan fingerprint density at radius 2 is 1.85 bits per heavy atom. The summed E-state index contributed by atoms with van der Waals surface area (Å²) in [7, 11) is 0. The van der Waals surface area contributed by atoms with Crippen LogP contribution in [0.1, 0.15) is 29.6 Å². The Labute approximate surface area is 198 Å². The maximum absolute atomic E-state index is 12.4. The van der Waals surface area contributed by atoms with E-state index in [1.54, 1.807) is 0 Å². The van der Waals surface area contributed by atoms with E-state index in [0.717, 1.165) is 59.8 Å². The monoisotopic (exact) mass is 452 g/mol. The van der Waals surface area contributed by atoms with E-state index in [2.05, 4.69) is 26.1 Å². The summed E-state index contributed by atoms with van der Waals surface area (Å²) >= 11 is 0. The molecule has 2 aromatic carbocycles. The standard InChI is InChI=1S/C27H28N6O/c28-15-5-2-6-16-29-25-26-30-17-24(33(26)18-23(32-25)19-7-3-1-4-8-19)20-9-11-21(12-10-20)27(34)31-22-13-14-22/h1-5,7-12,17-18,22H,6,13-16,28H2,(H,29,32)(H,31,34)/b5-2+. The molecule has 0 spiro atoms. The summed E-state index contributed by atoms with van der Waals surface area (Å²) in [5.74, 6) is 0.715. The fourth-order valence-corrected chi connectivity index (χ4v) is 3.85. The molecule has 7 heteroatoms. The highest BCUT2D eigenvalue weighted by Crippen LogP contribution is 2.28. The van der Waals surface area contributed by atoms with Gasteiger partial charge in [0.2, 0.25) is 0 Å². The Kier molecular flexibility index (Phi) is 6.35. The Hall–Kier alpha value is -3.97. The molecular formula is C27H28N6O. The molecule has 1 aliphatic rings. The average Bonchev–Trinajstić information content (AvgIpc) is 3.59. The highest BCUT2D eigenvalue weighted by molar-refractivity contribution is 5.95. The van der Waals surface area contributed by atoms with Crippen LogP contribution >= 0.6 is 0 Å². The van der Waals surface area contributed by atoms with Crippen LogP contribution in [-0.4, -0.2) is 39.4 Å². The van der Waals surface area contributed by atoms with Crippen LogP contribution in [0.4, 0.5) is 5.82 Å². The lowest BCUT2D eigenvalue weighted by molar-refractivity contribution is 0.0951. The first kappa shape index (κ1) is 21.9. The third kappa shape index (κ3) is 4.84. The Balaban J connectivity index is 1.49. The molecule has 1 saturated carbocycles. The molecule has 34 heavy (non-hydrogen) atoms. The van der Waals surface area contributed by atoms with Gasteiger partial charge in [-0.05, 0) is 31.4 Å². The number of carbonyl (C=O) groups is 1. The summed E-state index contributed by atoms with van der Waals surface area (Å²) in [6.45, 7) is 1.26. The molecule has 0 bridgehead atoms. The van der Waals surface area contributed by atoms with Crippen molar-refractivity contribution in [3.63, 3.8) is 0 Å². The predicted molar refractivity (Wildman–Crippen MR) is 136 cm³/mol. The molecular weight excluding hydrogens is 424 g/mol. The lowest BCUT2D eigenvalue weighted by Crippen LogP contribution is -2.25. The minimum absolute atomic E-state index is 0.0158. The molecule has 0 radical (unpaired) electrons. The van der Waals surface area contributed by atoms with Crippen LogP contribution < -0.4 is 16.4 Å². The van der Waals surface area contributed by atoms with Crippen molar-refractivity contribution in [1.29, 1.82) is 0 Å². The van der Waals surface area contributed by atoms with Crippen molar-refractivity contribution in [2.75, 3.05) is 18.4 Å². The minimum Gasteiger partial charge on any atom is -0.367 e. The van der Waals surface area contributed by atoms with Crippen molar-refractivity contribution < 1.29 is 4.79 Å². The van der Waals surface area contributed by atoms with E-state index >= 15 is 0 Å². The van der Waals surface area contributed by atoms with E-state index < -0.39 is 0 Å². The highest BCUT2D eigenvalue weighted by Gasteiger charge is 2.23. The zero-order chi connectivity index (χ0) is 23.3. The topological polar surface area (TPSA) is 97.3 Å². The summed E-state index contributed by atoms with van der Waals surface area (Å²) in [5.41, 5.74) is 10.8. The summed E-state index contributed by atoms with van der Waals surface area (Å²) in [6, 6.07) is 18.1. The summed E-state index contributed by atoms with van der Waals surface area (Å²) < 4.78 is 2.06. The zero-order valence-electron chi connectivity index (χ0n) is 18.9. The van der Waals surface area contributed by atoms with Gasteiger partial charge in [-0.1, -0.05) is 54.6 Å². The van der Waals surface area contributed by atoms with Gasteiger partial charge in [-0.3, -0.25) is 9.20 Å². The summed E-state index contributed by atoms with van der Waals surface area (Å²) in [5, 5.41) is 6.46. The number of aromatic nitrogens is 3.